The van der Waals surface area contributed by atoms with E-state index in [4.69, 9.17) is 15.9 Å². The van der Waals surface area contributed by atoms with E-state index < -0.39 is 0 Å². The van der Waals surface area contributed by atoms with Crippen molar-refractivity contribution >= 4 is 5.84 Å². The second-order valence-electron chi connectivity index (χ2n) is 4.63. The van der Waals surface area contributed by atoms with Crippen LogP contribution in [-0.2, 0) is 6.61 Å². The van der Waals surface area contributed by atoms with E-state index in [1.165, 1.54) is 0 Å². The van der Waals surface area contributed by atoms with E-state index in [-0.39, 0.29) is 5.84 Å². The van der Waals surface area contributed by atoms with Crippen molar-refractivity contribution < 1.29 is 4.74 Å². The lowest BCUT2D eigenvalue weighted by Gasteiger charge is -2.13. The molecule has 0 saturated carbocycles. The van der Waals surface area contributed by atoms with Gasteiger partial charge in [0.05, 0.1) is 0 Å². The van der Waals surface area contributed by atoms with E-state index in [2.05, 4.69) is 0 Å². The predicted molar refractivity (Wildman–Crippen MR) is 77.7 cm³/mol. The first-order chi connectivity index (χ1) is 9.08. The van der Waals surface area contributed by atoms with Crippen LogP contribution in [0.15, 0.2) is 42.5 Å². The first kappa shape index (κ1) is 13.1. The van der Waals surface area contributed by atoms with E-state index in [9.17, 15) is 0 Å². The molecule has 0 unspecified atom stereocenters. The van der Waals surface area contributed by atoms with Gasteiger partial charge in [-0.25, -0.2) is 0 Å². The fourth-order valence-electron chi connectivity index (χ4n) is 2.06. The van der Waals surface area contributed by atoms with Gasteiger partial charge in [-0.05, 0) is 42.7 Å². The molecule has 2 aromatic rings. The Bertz CT molecular complexity index is 568. The van der Waals surface area contributed by atoms with Gasteiger partial charge < -0.3 is 10.5 Å². The van der Waals surface area contributed by atoms with Crippen LogP contribution >= 0.6 is 0 Å². The average Bonchev–Trinajstić information content (AvgIpc) is 2.38. The lowest BCUT2D eigenvalue weighted by molar-refractivity contribution is 0.302. The third-order valence-corrected chi connectivity index (χ3v) is 3.00. The minimum atomic E-state index is 0.0841. The van der Waals surface area contributed by atoms with Crippen LogP contribution in [0.1, 0.15) is 22.3 Å². The first-order valence-corrected chi connectivity index (χ1v) is 6.20. The highest BCUT2D eigenvalue weighted by Gasteiger charge is 2.08. The van der Waals surface area contributed by atoms with Crippen molar-refractivity contribution in [2.24, 2.45) is 5.73 Å². The van der Waals surface area contributed by atoms with Crippen molar-refractivity contribution in [2.75, 3.05) is 0 Å². The monoisotopic (exact) mass is 254 g/mol. The van der Waals surface area contributed by atoms with E-state index in [0.29, 0.717) is 6.61 Å². The Balaban J connectivity index is 2.19. The van der Waals surface area contributed by atoms with Gasteiger partial charge in [0.1, 0.15) is 18.2 Å². The highest BCUT2D eigenvalue weighted by Crippen LogP contribution is 2.25. The van der Waals surface area contributed by atoms with Crippen LogP contribution in [0.4, 0.5) is 0 Å². The van der Waals surface area contributed by atoms with Gasteiger partial charge in [-0.2, -0.15) is 0 Å². The number of benzene rings is 2. The van der Waals surface area contributed by atoms with Crippen molar-refractivity contribution in [1.29, 1.82) is 5.41 Å². The van der Waals surface area contributed by atoms with Gasteiger partial charge in [0.25, 0.3) is 0 Å². The SMILES string of the molecule is Cc1cc(C(=N)N)cc(C)c1OCc1ccccc1. The molecular formula is C16H18N2O. The Morgan fingerprint density at radius 3 is 2.21 bits per heavy atom. The van der Waals surface area contributed by atoms with E-state index in [0.717, 1.165) is 28.0 Å². The predicted octanol–water partition coefficient (Wildman–Crippen LogP) is 3.17. The number of nitrogens with one attached hydrogen (secondary N) is 1. The molecule has 0 radical (unpaired) electrons. The highest BCUT2D eigenvalue weighted by atomic mass is 16.5. The Kier molecular flexibility index (Phi) is 3.85. The van der Waals surface area contributed by atoms with Gasteiger partial charge in [0.15, 0.2) is 0 Å². The summed E-state index contributed by atoms with van der Waals surface area (Å²) in [6.07, 6.45) is 0. The summed E-state index contributed by atoms with van der Waals surface area (Å²) in [7, 11) is 0. The average molecular weight is 254 g/mol. The third kappa shape index (κ3) is 3.13. The Morgan fingerprint density at radius 2 is 1.68 bits per heavy atom. The molecule has 3 nitrogen and oxygen atoms in total. The number of amidine groups is 1. The van der Waals surface area contributed by atoms with E-state index in [1.807, 2.05) is 56.3 Å². The molecule has 98 valence electrons. The molecule has 0 fully saturated rings. The van der Waals surface area contributed by atoms with Crippen LogP contribution < -0.4 is 10.5 Å². The van der Waals surface area contributed by atoms with Crippen LogP contribution in [-0.4, -0.2) is 5.84 Å². The molecule has 0 spiro atoms. The van der Waals surface area contributed by atoms with Crippen molar-refractivity contribution in [3.63, 3.8) is 0 Å². The molecule has 0 aliphatic heterocycles. The number of nitrogens with two attached hydrogens (primary N) is 1. The summed E-state index contributed by atoms with van der Waals surface area (Å²) in [5, 5.41) is 7.47. The molecule has 2 aromatic carbocycles. The number of ether oxygens (including phenoxy) is 1. The molecule has 0 aliphatic carbocycles. The van der Waals surface area contributed by atoms with Gasteiger partial charge in [-0.3, -0.25) is 5.41 Å². The summed E-state index contributed by atoms with van der Waals surface area (Å²) in [6.45, 7) is 4.49. The van der Waals surface area contributed by atoms with Crippen LogP contribution in [0.3, 0.4) is 0 Å². The Labute approximate surface area is 113 Å². The van der Waals surface area contributed by atoms with Crippen LogP contribution in [0, 0.1) is 19.3 Å². The van der Waals surface area contributed by atoms with Crippen LogP contribution in [0.5, 0.6) is 5.75 Å². The molecule has 2 rings (SSSR count). The number of hydrogen-bond donors (Lipinski definition) is 2. The summed E-state index contributed by atoms with van der Waals surface area (Å²) >= 11 is 0. The van der Waals surface area contributed by atoms with Gasteiger partial charge >= 0.3 is 0 Å². The molecule has 19 heavy (non-hydrogen) atoms. The fourth-order valence-corrected chi connectivity index (χ4v) is 2.06. The van der Waals surface area contributed by atoms with Crippen molar-refractivity contribution in [3.05, 3.63) is 64.7 Å². The number of nitrogen functional groups attached to an aromatic ring is 1. The topological polar surface area (TPSA) is 59.1 Å². The second kappa shape index (κ2) is 5.57. The summed E-state index contributed by atoms with van der Waals surface area (Å²) in [4.78, 5) is 0. The summed E-state index contributed by atoms with van der Waals surface area (Å²) in [5.74, 6) is 0.953. The standard InChI is InChI=1S/C16H18N2O/c1-11-8-14(16(17)18)9-12(2)15(11)19-10-13-6-4-3-5-7-13/h3-9H,10H2,1-2H3,(H3,17,18). The zero-order chi connectivity index (χ0) is 13.8. The van der Waals surface area contributed by atoms with Crippen molar-refractivity contribution in [1.82, 2.24) is 0 Å². The molecule has 0 amide bonds. The highest BCUT2D eigenvalue weighted by molar-refractivity contribution is 5.95. The smallest absolute Gasteiger partial charge is 0.125 e. The Morgan fingerprint density at radius 1 is 1.11 bits per heavy atom. The van der Waals surface area contributed by atoms with E-state index >= 15 is 0 Å². The maximum absolute atomic E-state index is 7.47. The molecule has 0 aromatic heterocycles. The summed E-state index contributed by atoms with van der Waals surface area (Å²) < 4.78 is 5.88. The van der Waals surface area contributed by atoms with Gasteiger partial charge in [-0.15, -0.1) is 0 Å². The zero-order valence-electron chi connectivity index (χ0n) is 11.2. The molecular weight excluding hydrogens is 236 g/mol. The Hall–Kier alpha value is -2.29. The maximum Gasteiger partial charge on any atom is 0.125 e. The molecule has 3 heteroatoms. The number of hydrogen-bond acceptors (Lipinski definition) is 2. The van der Waals surface area contributed by atoms with E-state index in [1.54, 1.807) is 0 Å². The molecule has 0 saturated heterocycles. The van der Waals surface area contributed by atoms with Gasteiger partial charge in [0.2, 0.25) is 0 Å². The lowest BCUT2D eigenvalue weighted by Crippen LogP contribution is -2.12. The third-order valence-electron chi connectivity index (χ3n) is 3.00. The maximum atomic E-state index is 7.47. The molecule has 0 bridgehead atoms. The second-order valence-corrected chi connectivity index (χ2v) is 4.63. The fraction of sp³-hybridized carbons (Fsp3) is 0.188. The quantitative estimate of drug-likeness (QED) is 0.650. The van der Waals surface area contributed by atoms with Crippen molar-refractivity contribution in [3.8, 4) is 5.75 Å². The van der Waals surface area contributed by atoms with Gasteiger partial charge in [-0.1, -0.05) is 30.3 Å². The summed E-state index contributed by atoms with van der Waals surface area (Å²) in [6, 6.07) is 13.8. The van der Waals surface area contributed by atoms with Crippen LogP contribution in [0.25, 0.3) is 0 Å². The first-order valence-electron chi connectivity index (χ1n) is 6.20. The molecule has 3 N–H and O–H groups in total. The van der Waals surface area contributed by atoms with Gasteiger partial charge in [0, 0.05) is 5.56 Å². The molecule has 0 aliphatic rings. The minimum absolute atomic E-state index is 0.0841. The van der Waals surface area contributed by atoms with Crippen LogP contribution in [0.2, 0.25) is 0 Å². The lowest BCUT2D eigenvalue weighted by atomic mass is 10.1. The largest absolute Gasteiger partial charge is 0.488 e. The summed E-state index contributed by atoms with van der Waals surface area (Å²) in [5.41, 5.74) is 9.39. The minimum Gasteiger partial charge on any atom is -0.488 e. The van der Waals surface area contributed by atoms with Crippen molar-refractivity contribution in [2.45, 2.75) is 20.5 Å². The molecule has 0 heterocycles. The normalized spacial score (nSPS) is 10.2. The zero-order valence-corrected chi connectivity index (χ0v) is 11.2. The number of rotatable bonds is 4. The number of aryl methyl sites for hydroxylation is 2. The molecule has 0 atom stereocenters.